The molecule has 2 aromatic rings. The Balaban J connectivity index is 1.78. The van der Waals surface area contributed by atoms with Crippen LogP contribution in [0.15, 0.2) is 36.4 Å². The quantitative estimate of drug-likeness (QED) is 0.872. The fourth-order valence-corrected chi connectivity index (χ4v) is 2.54. The highest BCUT2D eigenvalue weighted by molar-refractivity contribution is 5.99. The number of carbonyl (C=O) groups is 1. The number of halogens is 1. The second-order valence-electron chi connectivity index (χ2n) is 5.40. The molecule has 1 heterocycles. The van der Waals surface area contributed by atoms with E-state index in [9.17, 15) is 9.18 Å². The summed E-state index contributed by atoms with van der Waals surface area (Å²) >= 11 is 0. The molecular weight excluding hydrogens is 297 g/mol. The van der Waals surface area contributed by atoms with Crippen LogP contribution in [0, 0.1) is 5.82 Å². The summed E-state index contributed by atoms with van der Waals surface area (Å²) in [5, 5.41) is 3.12. The molecule has 0 fully saturated rings. The molecule has 1 aliphatic heterocycles. The van der Waals surface area contributed by atoms with Crippen molar-refractivity contribution in [2.24, 2.45) is 0 Å². The molecule has 0 amide bonds. The van der Waals surface area contributed by atoms with Crippen LogP contribution >= 0.6 is 0 Å². The Kier molecular flexibility index (Phi) is 4.46. The Hall–Kier alpha value is -2.56. The van der Waals surface area contributed by atoms with Gasteiger partial charge in [0.2, 0.25) is 0 Å². The molecule has 23 heavy (non-hydrogen) atoms. The van der Waals surface area contributed by atoms with E-state index in [2.05, 4.69) is 5.32 Å². The fraction of sp³-hybridized carbons (Fsp3) is 0.278. The van der Waals surface area contributed by atoms with Gasteiger partial charge in [0.15, 0.2) is 17.3 Å². The van der Waals surface area contributed by atoms with E-state index < -0.39 is 5.82 Å². The van der Waals surface area contributed by atoms with Crippen molar-refractivity contribution >= 4 is 11.5 Å². The van der Waals surface area contributed by atoms with Crippen LogP contribution in [-0.2, 0) is 6.54 Å². The first-order valence-corrected chi connectivity index (χ1v) is 7.57. The van der Waals surface area contributed by atoms with E-state index in [4.69, 9.17) is 9.47 Å². The maximum Gasteiger partial charge on any atom is 0.164 e. The Labute approximate surface area is 134 Å². The predicted octanol–water partition coefficient (Wildman–Crippen LogP) is 3.80. The summed E-state index contributed by atoms with van der Waals surface area (Å²) in [5.41, 5.74) is 1.54. The predicted molar refractivity (Wildman–Crippen MR) is 85.8 cm³/mol. The first-order chi connectivity index (χ1) is 11.1. The molecule has 2 aromatic carbocycles. The van der Waals surface area contributed by atoms with Gasteiger partial charge in [0.05, 0.1) is 18.8 Å². The lowest BCUT2D eigenvalue weighted by Gasteiger charge is -2.13. The molecule has 0 aromatic heterocycles. The second-order valence-corrected chi connectivity index (χ2v) is 5.40. The summed E-state index contributed by atoms with van der Waals surface area (Å²) < 4.78 is 25.0. The summed E-state index contributed by atoms with van der Waals surface area (Å²) in [6.45, 7) is 3.09. The summed E-state index contributed by atoms with van der Waals surface area (Å²) in [7, 11) is 0. The van der Waals surface area contributed by atoms with Crippen molar-refractivity contribution in [3.8, 4) is 11.5 Å². The van der Waals surface area contributed by atoms with Gasteiger partial charge in [-0.3, -0.25) is 4.79 Å². The SMILES string of the molecule is CC(=O)c1c(F)cccc1NCc1ccc2c(c1)OCCCO2. The van der Waals surface area contributed by atoms with Gasteiger partial charge < -0.3 is 14.8 Å². The topological polar surface area (TPSA) is 47.6 Å². The Bertz CT molecular complexity index is 730. The summed E-state index contributed by atoms with van der Waals surface area (Å²) in [6, 6.07) is 10.3. The number of nitrogens with one attached hydrogen (secondary N) is 1. The van der Waals surface area contributed by atoms with Crippen molar-refractivity contribution in [2.75, 3.05) is 18.5 Å². The molecule has 0 unspecified atom stereocenters. The van der Waals surface area contributed by atoms with Crippen molar-refractivity contribution in [1.29, 1.82) is 0 Å². The highest BCUT2D eigenvalue weighted by atomic mass is 19.1. The van der Waals surface area contributed by atoms with E-state index >= 15 is 0 Å². The number of hydrogen-bond donors (Lipinski definition) is 1. The number of hydrogen-bond acceptors (Lipinski definition) is 4. The standard InChI is InChI=1S/C18H18FNO3/c1-12(21)18-14(19)4-2-5-15(18)20-11-13-6-7-16-17(10-13)23-9-3-8-22-16/h2,4-7,10,20H,3,8-9,11H2,1H3. The molecule has 1 aliphatic rings. The number of anilines is 1. The number of ketones is 1. The molecule has 4 nitrogen and oxygen atoms in total. The van der Waals surface area contributed by atoms with Crippen LogP contribution in [0.4, 0.5) is 10.1 Å². The van der Waals surface area contributed by atoms with Crippen molar-refractivity contribution in [2.45, 2.75) is 19.9 Å². The summed E-state index contributed by atoms with van der Waals surface area (Å²) in [6.07, 6.45) is 0.855. The lowest BCUT2D eigenvalue weighted by molar-refractivity contribution is 0.101. The molecule has 0 aliphatic carbocycles. The van der Waals surface area contributed by atoms with Crippen LogP contribution in [0.25, 0.3) is 0 Å². The molecule has 1 N–H and O–H groups in total. The van der Waals surface area contributed by atoms with Gasteiger partial charge in [-0.1, -0.05) is 12.1 Å². The van der Waals surface area contributed by atoms with Crippen LogP contribution in [-0.4, -0.2) is 19.0 Å². The van der Waals surface area contributed by atoms with Gasteiger partial charge in [-0.05, 0) is 36.8 Å². The monoisotopic (exact) mass is 315 g/mol. The fourth-order valence-electron chi connectivity index (χ4n) is 2.54. The zero-order valence-corrected chi connectivity index (χ0v) is 12.9. The van der Waals surface area contributed by atoms with Crippen LogP contribution in [0.3, 0.4) is 0 Å². The molecule has 0 spiro atoms. The molecule has 0 saturated carbocycles. The van der Waals surface area contributed by atoms with E-state index in [1.165, 1.54) is 13.0 Å². The first-order valence-electron chi connectivity index (χ1n) is 7.57. The molecule has 120 valence electrons. The average molecular weight is 315 g/mol. The van der Waals surface area contributed by atoms with E-state index in [1.54, 1.807) is 12.1 Å². The third-order valence-corrected chi connectivity index (χ3v) is 3.66. The number of carbonyl (C=O) groups excluding carboxylic acids is 1. The smallest absolute Gasteiger partial charge is 0.164 e. The molecule has 0 saturated heterocycles. The lowest BCUT2D eigenvalue weighted by Crippen LogP contribution is -2.07. The van der Waals surface area contributed by atoms with E-state index in [1.807, 2.05) is 18.2 Å². The molecule has 0 radical (unpaired) electrons. The zero-order valence-electron chi connectivity index (χ0n) is 12.9. The van der Waals surface area contributed by atoms with Gasteiger partial charge in [0, 0.05) is 18.7 Å². The van der Waals surface area contributed by atoms with E-state index in [-0.39, 0.29) is 11.3 Å². The van der Waals surface area contributed by atoms with Gasteiger partial charge in [-0.2, -0.15) is 0 Å². The zero-order chi connectivity index (χ0) is 16.2. The normalized spacial score (nSPS) is 13.3. The number of rotatable bonds is 4. The minimum atomic E-state index is -0.513. The number of Topliss-reactive ketones (excluding diaryl/α,β-unsaturated/α-hetero) is 1. The highest BCUT2D eigenvalue weighted by Gasteiger charge is 2.14. The van der Waals surface area contributed by atoms with Gasteiger partial charge in [0.1, 0.15) is 5.82 Å². The van der Waals surface area contributed by atoms with Gasteiger partial charge in [-0.25, -0.2) is 4.39 Å². The van der Waals surface area contributed by atoms with E-state index in [0.717, 1.165) is 17.7 Å². The molecular formula is C18H18FNO3. The van der Waals surface area contributed by atoms with Crippen LogP contribution in [0.1, 0.15) is 29.3 Å². The Morgan fingerprint density at radius 3 is 2.74 bits per heavy atom. The first kappa shape index (κ1) is 15.3. The maximum atomic E-state index is 13.8. The van der Waals surface area contributed by atoms with Gasteiger partial charge in [-0.15, -0.1) is 0 Å². The van der Waals surface area contributed by atoms with E-state index in [0.29, 0.717) is 31.2 Å². The minimum Gasteiger partial charge on any atom is -0.490 e. The molecule has 0 bridgehead atoms. The van der Waals surface area contributed by atoms with Crippen molar-refractivity contribution in [1.82, 2.24) is 0 Å². The Morgan fingerprint density at radius 2 is 1.96 bits per heavy atom. The van der Waals surface area contributed by atoms with Gasteiger partial charge in [0.25, 0.3) is 0 Å². The number of ether oxygens (including phenoxy) is 2. The van der Waals surface area contributed by atoms with Crippen LogP contribution in [0.5, 0.6) is 11.5 Å². The molecule has 5 heteroatoms. The lowest BCUT2D eigenvalue weighted by atomic mass is 10.1. The third kappa shape index (κ3) is 3.44. The summed E-state index contributed by atoms with van der Waals surface area (Å²) in [5.74, 6) is 0.639. The highest BCUT2D eigenvalue weighted by Crippen LogP contribution is 2.31. The number of fused-ring (bicyclic) bond motifs is 1. The van der Waals surface area contributed by atoms with Crippen LogP contribution < -0.4 is 14.8 Å². The maximum absolute atomic E-state index is 13.8. The second kappa shape index (κ2) is 6.69. The Morgan fingerprint density at radius 1 is 1.17 bits per heavy atom. The summed E-state index contributed by atoms with van der Waals surface area (Å²) in [4.78, 5) is 11.6. The average Bonchev–Trinajstić information content (AvgIpc) is 2.77. The third-order valence-electron chi connectivity index (χ3n) is 3.66. The van der Waals surface area contributed by atoms with Gasteiger partial charge >= 0.3 is 0 Å². The van der Waals surface area contributed by atoms with Crippen LogP contribution in [0.2, 0.25) is 0 Å². The minimum absolute atomic E-state index is 0.0850. The molecule has 3 rings (SSSR count). The number of benzene rings is 2. The van der Waals surface area contributed by atoms with Crippen molar-refractivity contribution < 1.29 is 18.7 Å². The van der Waals surface area contributed by atoms with Crippen molar-refractivity contribution in [3.63, 3.8) is 0 Å². The molecule has 0 atom stereocenters. The van der Waals surface area contributed by atoms with Crippen molar-refractivity contribution in [3.05, 3.63) is 53.3 Å². The largest absolute Gasteiger partial charge is 0.490 e.